The molecule has 0 aromatic carbocycles. The number of rotatable bonds is 5. The first kappa shape index (κ1) is 19.0. The molecule has 12 heteroatoms. The van der Waals surface area contributed by atoms with E-state index in [9.17, 15) is 14.4 Å². The normalized spacial score (nSPS) is 30.6. The van der Waals surface area contributed by atoms with Gasteiger partial charge in [-0.15, -0.1) is 0 Å². The smallest absolute Gasteiger partial charge is 0.458 e. The number of carbonyl (C=O) groups excluding carboxylic acids is 2. The largest absolute Gasteiger partial charge is 0.509 e. The molecular formula is C15H19FN4O7. The zero-order valence-electron chi connectivity index (χ0n) is 14.5. The Kier molecular flexibility index (Phi) is 4.78. The molecule has 0 bridgehead atoms. The van der Waals surface area contributed by atoms with Crippen molar-refractivity contribution >= 4 is 17.9 Å². The van der Waals surface area contributed by atoms with Gasteiger partial charge >= 0.3 is 17.8 Å². The van der Waals surface area contributed by atoms with E-state index in [1.54, 1.807) is 13.8 Å². The van der Waals surface area contributed by atoms with Crippen LogP contribution in [0.2, 0.25) is 0 Å². The van der Waals surface area contributed by atoms with Crippen molar-refractivity contribution in [1.29, 1.82) is 0 Å². The lowest BCUT2D eigenvalue weighted by Gasteiger charge is -2.24. The van der Waals surface area contributed by atoms with Gasteiger partial charge in [-0.05, 0) is 12.0 Å². The molecule has 11 nitrogen and oxygen atoms in total. The predicted octanol–water partition coefficient (Wildman–Crippen LogP) is -0.549. The Labute approximate surface area is 152 Å². The van der Waals surface area contributed by atoms with E-state index in [4.69, 9.17) is 30.4 Å². The van der Waals surface area contributed by atoms with Crippen LogP contribution in [0.4, 0.5) is 15.0 Å². The number of carbonyl (C=O) groups is 2. The zero-order valence-corrected chi connectivity index (χ0v) is 14.5. The predicted molar refractivity (Wildman–Crippen MR) is 85.8 cm³/mol. The van der Waals surface area contributed by atoms with Gasteiger partial charge < -0.3 is 30.4 Å². The number of halogens is 1. The maximum Gasteiger partial charge on any atom is 0.509 e. The number of alkyl halides is 1. The van der Waals surface area contributed by atoms with Gasteiger partial charge in [0.25, 0.3) is 5.85 Å². The van der Waals surface area contributed by atoms with Crippen molar-refractivity contribution in [3.63, 3.8) is 0 Å². The molecule has 148 valence electrons. The summed E-state index contributed by atoms with van der Waals surface area (Å²) in [6.45, 7) is 2.49. The highest BCUT2D eigenvalue weighted by atomic mass is 19.2. The number of aromatic nitrogens is 2. The molecule has 0 amide bonds. The number of nitrogens with zero attached hydrogens (tertiary/aromatic N) is 2. The van der Waals surface area contributed by atoms with Gasteiger partial charge in [-0.2, -0.15) is 4.98 Å². The van der Waals surface area contributed by atoms with Crippen molar-refractivity contribution in [2.24, 2.45) is 11.7 Å². The van der Waals surface area contributed by atoms with E-state index in [0.717, 1.165) is 4.57 Å². The molecule has 1 aromatic heterocycles. The summed E-state index contributed by atoms with van der Waals surface area (Å²) in [6.07, 6.45) is -4.15. The van der Waals surface area contributed by atoms with Crippen molar-refractivity contribution in [2.75, 3.05) is 12.3 Å². The Morgan fingerprint density at radius 1 is 1.44 bits per heavy atom. The fraction of sp³-hybridized carbons (Fsp3) is 0.600. The SMILES string of the molecule is CC(C)[C@H](N)C(=O)OC[C@@]1(F)O[C@@H](n2ccc(N)nc2=O)[C@@H]2OC(=O)O[C@@H]21. The number of nitrogens with two attached hydrogens (primary N) is 2. The molecule has 4 N–H and O–H groups in total. The molecule has 3 rings (SSSR count). The standard InChI is InChI=1S/C15H19FN4O7/c1-6(2)8(18)12(21)24-5-15(16)10-9(25-14(23)26-10)11(27-15)20-4-3-7(17)19-13(20)22/h3-4,6,8-11H,5,18H2,1-2H3,(H2,17,19,22)/t8-,9+,10-,11+,15+/m0/s1. The number of ether oxygens (including phenoxy) is 4. The summed E-state index contributed by atoms with van der Waals surface area (Å²) in [4.78, 5) is 38.9. The summed E-state index contributed by atoms with van der Waals surface area (Å²) in [5.74, 6) is -3.87. The Hall–Kier alpha value is -2.73. The summed E-state index contributed by atoms with van der Waals surface area (Å²) in [5, 5.41) is 0. The molecule has 27 heavy (non-hydrogen) atoms. The van der Waals surface area contributed by atoms with E-state index in [0.29, 0.717) is 0 Å². The Morgan fingerprint density at radius 2 is 2.15 bits per heavy atom. The average Bonchev–Trinajstić information content (AvgIpc) is 3.10. The van der Waals surface area contributed by atoms with Crippen molar-refractivity contribution in [3.05, 3.63) is 22.7 Å². The van der Waals surface area contributed by atoms with Gasteiger partial charge in [-0.1, -0.05) is 13.8 Å². The highest BCUT2D eigenvalue weighted by Crippen LogP contribution is 2.44. The molecule has 2 saturated heterocycles. The number of hydrogen-bond acceptors (Lipinski definition) is 10. The maximum atomic E-state index is 15.4. The molecule has 5 atom stereocenters. The monoisotopic (exact) mass is 386 g/mol. The van der Waals surface area contributed by atoms with E-state index in [2.05, 4.69) is 4.98 Å². The lowest BCUT2D eigenvalue weighted by atomic mass is 10.1. The molecule has 0 unspecified atom stereocenters. The topological polar surface area (TPSA) is 158 Å². The van der Waals surface area contributed by atoms with Gasteiger partial charge in [0, 0.05) is 6.20 Å². The Bertz CT molecular complexity index is 816. The molecule has 0 aliphatic carbocycles. The first-order valence-electron chi connectivity index (χ1n) is 8.13. The first-order chi connectivity index (χ1) is 12.6. The summed E-state index contributed by atoms with van der Waals surface area (Å²) in [5.41, 5.74) is 10.2. The molecule has 3 heterocycles. The lowest BCUT2D eigenvalue weighted by Crippen LogP contribution is -2.45. The van der Waals surface area contributed by atoms with E-state index < -0.39 is 54.8 Å². The molecule has 2 aliphatic heterocycles. The first-order valence-corrected chi connectivity index (χ1v) is 8.13. The van der Waals surface area contributed by atoms with Crippen LogP contribution < -0.4 is 17.2 Å². The minimum absolute atomic E-state index is 0.0476. The van der Waals surface area contributed by atoms with Crippen molar-refractivity contribution in [2.45, 2.75) is 44.2 Å². The Morgan fingerprint density at radius 3 is 2.78 bits per heavy atom. The van der Waals surface area contributed by atoms with Gasteiger partial charge in [-0.3, -0.25) is 9.36 Å². The highest BCUT2D eigenvalue weighted by Gasteiger charge is 2.65. The third-order valence-corrected chi connectivity index (χ3v) is 4.30. The van der Waals surface area contributed by atoms with Crippen LogP contribution in [0.25, 0.3) is 0 Å². The van der Waals surface area contributed by atoms with E-state index >= 15 is 4.39 Å². The second-order valence-corrected chi connectivity index (χ2v) is 6.59. The number of nitrogen functional groups attached to an aromatic ring is 1. The van der Waals surface area contributed by atoms with Crippen molar-refractivity contribution in [3.8, 4) is 0 Å². The van der Waals surface area contributed by atoms with Gasteiger partial charge in [0.1, 0.15) is 11.9 Å². The molecule has 0 saturated carbocycles. The van der Waals surface area contributed by atoms with E-state index in [-0.39, 0.29) is 11.7 Å². The fourth-order valence-corrected chi connectivity index (χ4v) is 2.74. The van der Waals surface area contributed by atoms with Crippen LogP contribution >= 0.6 is 0 Å². The summed E-state index contributed by atoms with van der Waals surface area (Å²) < 4.78 is 36.1. The highest BCUT2D eigenvalue weighted by molar-refractivity contribution is 5.75. The van der Waals surface area contributed by atoms with Crippen LogP contribution in [0.3, 0.4) is 0 Å². The van der Waals surface area contributed by atoms with Crippen LogP contribution in [0, 0.1) is 5.92 Å². The quantitative estimate of drug-likeness (QED) is 0.629. The minimum Gasteiger partial charge on any atom is -0.458 e. The lowest BCUT2D eigenvalue weighted by molar-refractivity contribution is -0.220. The van der Waals surface area contributed by atoms with Crippen LogP contribution in [-0.2, 0) is 23.7 Å². The van der Waals surface area contributed by atoms with Crippen LogP contribution in [0.1, 0.15) is 20.1 Å². The summed E-state index contributed by atoms with van der Waals surface area (Å²) in [6, 6.07) is 0.324. The fourth-order valence-electron chi connectivity index (χ4n) is 2.74. The average molecular weight is 386 g/mol. The third-order valence-electron chi connectivity index (χ3n) is 4.30. The summed E-state index contributed by atoms with van der Waals surface area (Å²) in [7, 11) is 0. The summed E-state index contributed by atoms with van der Waals surface area (Å²) >= 11 is 0. The number of esters is 1. The van der Waals surface area contributed by atoms with Gasteiger partial charge in [-0.25, -0.2) is 14.0 Å². The van der Waals surface area contributed by atoms with Gasteiger partial charge in [0.05, 0.1) is 0 Å². The third kappa shape index (κ3) is 3.45. The van der Waals surface area contributed by atoms with Crippen molar-refractivity contribution < 1.29 is 32.9 Å². The van der Waals surface area contributed by atoms with Crippen molar-refractivity contribution in [1.82, 2.24) is 9.55 Å². The number of fused-ring (bicyclic) bond motifs is 1. The maximum absolute atomic E-state index is 15.4. The molecule has 2 aliphatic rings. The zero-order chi connectivity index (χ0) is 19.9. The second kappa shape index (κ2) is 6.78. The van der Waals surface area contributed by atoms with Gasteiger partial charge in [0.15, 0.2) is 18.9 Å². The van der Waals surface area contributed by atoms with Crippen LogP contribution in [0.15, 0.2) is 17.1 Å². The molecule has 2 fully saturated rings. The molecular weight excluding hydrogens is 367 g/mol. The molecule has 0 spiro atoms. The molecule has 0 radical (unpaired) electrons. The second-order valence-electron chi connectivity index (χ2n) is 6.59. The number of hydrogen-bond donors (Lipinski definition) is 2. The van der Waals surface area contributed by atoms with Crippen LogP contribution in [0.5, 0.6) is 0 Å². The van der Waals surface area contributed by atoms with E-state index in [1.165, 1.54) is 12.3 Å². The Balaban J connectivity index is 1.83. The minimum atomic E-state index is -2.74. The van der Waals surface area contributed by atoms with Gasteiger partial charge in [0.2, 0.25) is 6.10 Å². The molecule has 1 aromatic rings. The number of anilines is 1. The van der Waals surface area contributed by atoms with E-state index in [1.807, 2.05) is 0 Å². The van der Waals surface area contributed by atoms with Crippen LogP contribution in [-0.4, -0.2) is 52.4 Å².